The molecule has 1 unspecified atom stereocenters. The number of hydrogen-bond donors (Lipinski definition) is 1. The van der Waals surface area contributed by atoms with Crippen LogP contribution in [0.2, 0.25) is 0 Å². The van der Waals surface area contributed by atoms with Crippen LogP contribution < -0.4 is 5.32 Å². The van der Waals surface area contributed by atoms with Gasteiger partial charge in [0.25, 0.3) is 0 Å². The second kappa shape index (κ2) is 5.70. The van der Waals surface area contributed by atoms with E-state index >= 15 is 0 Å². The van der Waals surface area contributed by atoms with Gasteiger partial charge in [-0.15, -0.1) is 11.8 Å². The third-order valence-electron chi connectivity index (χ3n) is 2.58. The zero-order valence-electron chi connectivity index (χ0n) is 9.31. The molecule has 0 bridgehead atoms. The Morgan fingerprint density at radius 1 is 1.62 bits per heavy atom. The number of nitrogens with one attached hydrogen (secondary N) is 1. The van der Waals surface area contributed by atoms with Crippen LogP contribution in [0.15, 0.2) is 16.8 Å². The van der Waals surface area contributed by atoms with Gasteiger partial charge in [-0.2, -0.15) is 11.3 Å². The molecule has 1 aromatic rings. The molecule has 0 aliphatic carbocycles. The third kappa shape index (κ3) is 2.59. The Balaban J connectivity index is 1.99. The zero-order valence-corrected chi connectivity index (χ0v) is 10.9. The summed E-state index contributed by atoms with van der Waals surface area (Å²) < 4.78 is 0. The van der Waals surface area contributed by atoms with Crippen molar-refractivity contribution in [2.45, 2.75) is 12.3 Å². The molecule has 1 aliphatic rings. The zero-order chi connectivity index (χ0) is 11.4. The fourth-order valence-electron chi connectivity index (χ4n) is 1.76. The number of carbonyl (C=O) groups is 1. The van der Waals surface area contributed by atoms with Crippen molar-refractivity contribution in [1.29, 1.82) is 0 Å². The largest absolute Gasteiger partial charge is 0.325 e. The fourth-order valence-corrected chi connectivity index (χ4v) is 3.74. The monoisotopic (exact) mass is 256 g/mol. The standard InChI is InChI=1S/C11H16N2OS2/c1-2-12-4-5-13-10(14)8-16-11(13)9-3-6-15-7-9/h3,6-7,11-12H,2,4-5,8H2,1H3. The molecule has 2 heterocycles. The van der Waals surface area contributed by atoms with Crippen LogP contribution in [-0.2, 0) is 4.79 Å². The predicted octanol–water partition coefficient (Wildman–Crippen LogP) is 1.93. The Morgan fingerprint density at radius 2 is 2.50 bits per heavy atom. The van der Waals surface area contributed by atoms with Gasteiger partial charge in [-0.3, -0.25) is 4.79 Å². The molecule has 1 aliphatic heterocycles. The summed E-state index contributed by atoms with van der Waals surface area (Å²) in [5, 5.41) is 7.70. The highest BCUT2D eigenvalue weighted by molar-refractivity contribution is 8.00. The molecule has 1 saturated heterocycles. The Labute approximate surface area is 104 Å². The molecule has 0 spiro atoms. The highest BCUT2D eigenvalue weighted by Gasteiger charge is 2.32. The van der Waals surface area contributed by atoms with Crippen LogP contribution in [0.1, 0.15) is 17.9 Å². The minimum Gasteiger partial charge on any atom is -0.325 e. The third-order valence-corrected chi connectivity index (χ3v) is 4.53. The molecular formula is C11H16N2OS2. The van der Waals surface area contributed by atoms with Gasteiger partial charge in [-0.1, -0.05) is 6.92 Å². The van der Waals surface area contributed by atoms with Crippen molar-refractivity contribution in [3.8, 4) is 0 Å². The lowest BCUT2D eigenvalue weighted by Gasteiger charge is -2.23. The first kappa shape index (κ1) is 12.0. The van der Waals surface area contributed by atoms with Gasteiger partial charge in [0.2, 0.25) is 5.91 Å². The maximum Gasteiger partial charge on any atom is 0.233 e. The molecule has 1 N–H and O–H groups in total. The smallest absolute Gasteiger partial charge is 0.233 e. The lowest BCUT2D eigenvalue weighted by atomic mass is 10.3. The SMILES string of the molecule is CCNCCN1C(=O)CSC1c1ccsc1. The van der Waals surface area contributed by atoms with Crippen molar-refractivity contribution in [2.75, 3.05) is 25.4 Å². The van der Waals surface area contributed by atoms with Gasteiger partial charge in [0.1, 0.15) is 5.37 Å². The number of likely N-dealkylation sites (N-methyl/N-ethyl adjacent to an activating group) is 1. The molecule has 88 valence electrons. The van der Waals surface area contributed by atoms with Crippen molar-refractivity contribution in [3.05, 3.63) is 22.4 Å². The van der Waals surface area contributed by atoms with Crippen molar-refractivity contribution >= 4 is 29.0 Å². The molecule has 1 amide bonds. The minimum atomic E-state index is 0.234. The highest BCUT2D eigenvalue weighted by Crippen LogP contribution is 2.38. The van der Waals surface area contributed by atoms with Crippen molar-refractivity contribution < 1.29 is 4.79 Å². The number of thioether (sulfide) groups is 1. The highest BCUT2D eigenvalue weighted by atomic mass is 32.2. The van der Waals surface area contributed by atoms with Gasteiger partial charge in [-0.05, 0) is 28.9 Å². The van der Waals surface area contributed by atoms with Crippen molar-refractivity contribution in [1.82, 2.24) is 10.2 Å². The van der Waals surface area contributed by atoms with E-state index in [0.29, 0.717) is 5.75 Å². The summed E-state index contributed by atoms with van der Waals surface area (Å²) in [5.41, 5.74) is 1.26. The van der Waals surface area contributed by atoms with E-state index in [0.717, 1.165) is 19.6 Å². The fraction of sp³-hybridized carbons (Fsp3) is 0.545. The Morgan fingerprint density at radius 3 is 3.19 bits per heavy atom. The molecule has 2 rings (SSSR count). The first-order chi connectivity index (χ1) is 7.83. The lowest BCUT2D eigenvalue weighted by molar-refractivity contribution is -0.128. The molecule has 3 nitrogen and oxygen atoms in total. The van der Waals surface area contributed by atoms with Crippen molar-refractivity contribution in [3.63, 3.8) is 0 Å². The summed E-state index contributed by atoms with van der Waals surface area (Å²) in [7, 11) is 0. The number of amides is 1. The van der Waals surface area contributed by atoms with E-state index < -0.39 is 0 Å². The molecule has 1 atom stereocenters. The molecule has 0 radical (unpaired) electrons. The van der Waals surface area contributed by atoms with Gasteiger partial charge >= 0.3 is 0 Å². The number of hydrogen-bond acceptors (Lipinski definition) is 4. The van der Waals surface area contributed by atoms with Crippen LogP contribution in [0.5, 0.6) is 0 Å². The van der Waals surface area contributed by atoms with Crippen molar-refractivity contribution in [2.24, 2.45) is 0 Å². The molecule has 0 saturated carbocycles. The summed E-state index contributed by atoms with van der Waals surface area (Å²) in [6.45, 7) is 4.72. The molecule has 1 aromatic heterocycles. The number of rotatable bonds is 5. The topological polar surface area (TPSA) is 32.3 Å². The molecule has 5 heteroatoms. The van der Waals surface area contributed by atoms with Crippen LogP contribution >= 0.6 is 23.1 Å². The van der Waals surface area contributed by atoms with Gasteiger partial charge in [0.05, 0.1) is 5.75 Å². The van der Waals surface area contributed by atoms with Gasteiger partial charge in [-0.25, -0.2) is 0 Å². The normalized spacial score (nSPS) is 20.7. The van der Waals surface area contributed by atoms with Crippen LogP contribution in [-0.4, -0.2) is 36.2 Å². The van der Waals surface area contributed by atoms with E-state index in [1.54, 1.807) is 23.1 Å². The molecule has 16 heavy (non-hydrogen) atoms. The summed E-state index contributed by atoms with van der Waals surface area (Å²) in [4.78, 5) is 13.7. The quantitative estimate of drug-likeness (QED) is 0.817. The summed E-state index contributed by atoms with van der Waals surface area (Å²) in [5.74, 6) is 0.881. The maximum absolute atomic E-state index is 11.8. The molecule has 0 aromatic carbocycles. The van der Waals surface area contributed by atoms with Crippen LogP contribution in [0, 0.1) is 0 Å². The van der Waals surface area contributed by atoms with Crippen LogP contribution in [0.25, 0.3) is 0 Å². The number of carbonyl (C=O) groups excluding carboxylic acids is 1. The molecular weight excluding hydrogens is 240 g/mol. The van der Waals surface area contributed by atoms with E-state index in [2.05, 4.69) is 29.1 Å². The van der Waals surface area contributed by atoms with Gasteiger partial charge < -0.3 is 10.2 Å². The van der Waals surface area contributed by atoms with E-state index in [9.17, 15) is 4.79 Å². The van der Waals surface area contributed by atoms with E-state index in [1.165, 1.54) is 5.56 Å². The van der Waals surface area contributed by atoms with E-state index in [1.807, 2.05) is 4.90 Å². The van der Waals surface area contributed by atoms with Crippen LogP contribution in [0.4, 0.5) is 0 Å². The summed E-state index contributed by atoms with van der Waals surface area (Å²) in [6.07, 6.45) is 0. The molecule has 1 fully saturated rings. The van der Waals surface area contributed by atoms with Crippen LogP contribution in [0.3, 0.4) is 0 Å². The Bertz CT molecular complexity index is 340. The summed E-state index contributed by atoms with van der Waals surface area (Å²) >= 11 is 3.42. The number of thiophene rings is 1. The number of nitrogens with zero attached hydrogens (tertiary/aromatic N) is 1. The summed E-state index contributed by atoms with van der Waals surface area (Å²) in [6, 6.07) is 2.11. The first-order valence-electron chi connectivity index (χ1n) is 5.47. The second-order valence-electron chi connectivity index (χ2n) is 3.66. The lowest BCUT2D eigenvalue weighted by Crippen LogP contribution is -2.34. The first-order valence-corrected chi connectivity index (χ1v) is 7.46. The van der Waals surface area contributed by atoms with Gasteiger partial charge in [0.15, 0.2) is 0 Å². The average molecular weight is 256 g/mol. The van der Waals surface area contributed by atoms with E-state index in [-0.39, 0.29) is 11.3 Å². The van der Waals surface area contributed by atoms with Gasteiger partial charge in [0, 0.05) is 13.1 Å². The van der Waals surface area contributed by atoms with E-state index in [4.69, 9.17) is 0 Å². The Kier molecular flexibility index (Phi) is 4.26. The second-order valence-corrected chi connectivity index (χ2v) is 5.51. The predicted molar refractivity (Wildman–Crippen MR) is 69.8 cm³/mol. The average Bonchev–Trinajstić information content (AvgIpc) is 2.89. The Hall–Kier alpha value is -0.520. The maximum atomic E-state index is 11.8. The minimum absolute atomic E-state index is 0.234.